The maximum atomic E-state index is 11.8. The molecule has 8 nitrogen and oxygen atoms in total. The van der Waals surface area contributed by atoms with Gasteiger partial charge in [0.2, 0.25) is 11.8 Å². The highest BCUT2D eigenvalue weighted by Crippen LogP contribution is 2.14. The third-order valence-corrected chi connectivity index (χ3v) is 3.99. The Balaban J connectivity index is 0.000000639. The molecule has 32 heavy (non-hydrogen) atoms. The van der Waals surface area contributed by atoms with Gasteiger partial charge in [0.1, 0.15) is 17.7 Å². The van der Waals surface area contributed by atoms with Crippen molar-refractivity contribution < 1.29 is 19.1 Å². The predicted octanol–water partition coefficient (Wildman–Crippen LogP) is 2.85. The Kier molecular flexibility index (Phi) is 12.7. The van der Waals surface area contributed by atoms with Gasteiger partial charge in [-0.3, -0.25) is 9.59 Å². The van der Waals surface area contributed by atoms with E-state index in [1.165, 1.54) is 7.05 Å². The van der Waals surface area contributed by atoms with E-state index in [4.69, 9.17) is 10.5 Å². The largest absolute Gasteiger partial charge is 0.444 e. The van der Waals surface area contributed by atoms with Crippen LogP contribution in [0.3, 0.4) is 0 Å². The molecule has 0 aromatic heterocycles. The maximum Gasteiger partial charge on any atom is 0.408 e. The third-order valence-electron chi connectivity index (χ3n) is 3.99. The SMILES string of the molecule is CNC(=O)[C@@H](N)c1ccccc1.CNC(=O)[C@@H](NC(=O)OC(C)(C)C)c1ccccc1.Cl. The molecule has 5 N–H and O–H groups in total. The average Bonchev–Trinajstić information content (AvgIpc) is 2.76. The van der Waals surface area contributed by atoms with Gasteiger partial charge in [0, 0.05) is 14.1 Å². The monoisotopic (exact) mass is 464 g/mol. The van der Waals surface area contributed by atoms with E-state index in [1.54, 1.807) is 40.0 Å². The summed E-state index contributed by atoms with van der Waals surface area (Å²) in [6.07, 6.45) is -0.620. The first kappa shape index (κ1) is 28.9. The van der Waals surface area contributed by atoms with Gasteiger partial charge in [-0.05, 0) is 31.9 Å². The van der Waals surface area contributed by atoms with Crippen molar-refractivity contribution in [3.05, 3.63) is 71.8 Å². The molecular formula is C23H33ClN4O4. The van der Waals surface area contributed by atoms with Crippen LogP contribution in [0.15, 0.2) is 60.7 Å². The molecule has 0 aliphatic carbocycles. The minimum absolute atomic E-state index is 0. The molecule has 0 aliphatic heterocycles. The van der Waals surface area contributed by atoms with E-state index in [2.05, 4.69) is 16.0 Å². The fourth-order valence-electron chi connectivity index (χ4n) is 2.48. The van der Waals surface area contributed by atoms with Gasteiger partial charge >= 0.3 is 6.09 Å². The van der Waals surface area contributed by atoms with Gasteiger partial charge in [-0.15, -0.1) is 12.4 Å². The smallest absolute Gasteiger partial charge is 0.408 e. The lowest BCUT2D eigenvalue weighted by Crippen LogP contribution is -2.41. The van der Waals surface area contributed by atoms with Gasteiger partial charge in [0.15, 0.2) is 0 Å². The summed E-state index contributed by atoms with van der Waals surface area (Å²) in [5, 5.41) is 7.59. The zero-order valence-electron chi connectivity index (χ0n) is 19.0. The van der Waals surface area contributed by atoms with Gasteiger partial charge in [-0.2, -0.15) is 0 Å². The fourth-order valence-corrected chi connectivity index (χ4v) is 2.48. The number of nitrogens with two attached hydrogens (primary N) is 1. The van der Waals surface area contributed by atoms with Crippen LogP contribution in [0, 0.1) is 0 Å². The molecule has 0 radical (unpaired) electrons. The molecule has 0 fully saturated rings. The van der Waals surface area contributed by atoms with Gasteiger partial charge in [0.25, 0.3) is 0 Å². The van der Waals surface area contributed by atoms with Gasteiger partial charge in [-0.1, -0.05) is 60.7 Å². The molecule has 3 amide bonds. The van der Waals surface area contributed by atoms with E-state index in [-0.39, 0.29) is 24.2 Å². The van der Waals surface area contributed by atoms with Crippen LogP contribution in [0.5, 0.6) is 0 Å². The lowest BCUT2D eigenvalue weighted by atomic mass is 10.1. The molecule has 0 heterocycles. The van der Waals surface area contributed by atoms with Crippen molar-refractivity contribution in [2.75, 3.05) is 14.1 Å². The molecule has 0 unspecified atom stereocenters. The molecule has 2 aromatic carbocycles. The summed E-state index contributed by atoms with van der Waals surface area (Å²) >= 11 is 0. The number of amides is 3. The van der Waals surface area contributed by atoms with Gasteiger partial charge < -0.3 is 26.4 Å². The molecule has 2 atom stereocenters. The molecule has 0 aliphatic rings. The quantitative estimate of drug-likeness (QED) is 0.541. The number of rotatable bonds is 5. The van der Waals surface area contributed by atoms with Crippen LogP contribution in [0.2, 0.25) is 0 Å². The first-order chi connectivity index (χ1) is 14.6. The standard InChI is InChI=1S/C14H20N2O3.C9H12N2O.ClH/c1-14(2,3)19-13(18)16-11(12(17)15-4)10-8-6-5-7-9-10;1-11-9(12)8(10)7-5-3-2-4-6-7;/h5-9,11H,1-4H3,(H,15,17)(H,16,18);2-6,8H,10H2,1H3,(H,11,12);1H/t11-;8-;/m00./s1. The summed E-state index contributed by atoms with van der Waals surface area (Å²) in [5.74, 6) is -0.460. The lowest BCUT2D eigenvalue weighted by molar-refractivity contribution is -0.123. The Morgan fingerprint density at radius 1 is 0.812 bits per heavy atom. The molecule has 0 bridgehead atoms. The summed E-state index contributed by atoms with van der Waals surface area (Å²) < 4.78 is 5.15. The number of hydrogen-bond acceptors (Lipinski definition) is 5. The average molecular weight is 465 g/mol. The Labute approximate surface area is 195 Å². The number of benzene rings is 2. The number of likely N-dealkylation sites (N-methyl/N-ethyl adjacent to an activating group) is 2. The van der Waals surface area contributed by atoms with Crippen LogP contribution in [0.1, 0.15) is 44.0 Å². The molecule has 0 spiro atoms. The highest BCUT2D eigenvalue weighted by atomic mass is 35.5. The summed E-state index contributed by atoms with van der Waals surface area (Å²) in [6.45, 7) is 5.30. The molecule has 0 saturated carbocycles. The molecule has 9 heteroatoms. The normalized spacial score (nSPS) is 11.9. The van der Waals surface area contributed by atoms with Crippen molar-refractivity contribution >= 4 is 30.3 Å². The topological polar surface area (TPSA) is 123 Å². The summed E-state index contributed by atoms with van der Waals surface area (Å²) in [4.78, 5) is 34.7. The highest BCUT2D eigenvalue weighted by molar-refractivity contribution is 5.86. The number of halogens is 1. The first-order valence-corrected chi connectivity index (χ1v) is 9.87. The number of carbonyl (C=O) groups excluding carboxylic acids is 3. The summed E-state index contributed by atoms with van der Waals surface area (Å²) in [5.41, 5.74) is 6.57. The van der Waals surface area contributed by atoms with Crippen molar-refractivity contribution in [3.8, 4) is 0 Å². The van der Waals surface area contributed by atoms with Crippen LogP contribution < -0.4 is 21.7 Å². The Hall–Kier alpha value is -3.10. The number of carbonyl (C=O) groups is 3. The predicted molar refractivity (Wildman–Crippen MR) is 127 cm³/mol. The Morgan fingerprint density at radius 2 is 1.25 bits per heavy atom. The number of nitrogens with one attached hydrogen (secondary N) is 3. The zero-order valence-corrected chi connectivity index (χ0v) is 19.9. The minimum atomic E-state index is -0.763. The van der Waals surface area contributed by atoms with Crippen LogP contribution in [0.4, 0.5) is 4.79 Å². The van der Waals surface area contributed by atoms with E-state index >= 15 is 0 Å². The Morgan fingerprint density at radius 3 is 1.66 bits per heavy atom. The number of alkyl carbamates (subject to hydrolysis) is 1. The van der Waals surface area contributed by atoms with Crippen molar-refractivity contribution in [2.45, 2.75) is 38.5 Å². The lowest BCUT2D eigenvalue weighted by Gasteiger charge is -2.23. The second kappa shape index (κ2) is 14.1. The van der Waals surface area contributed by atoms with E-state index in [9.17, 15) is 14.4 Å². The van der Waals surface area contributed by atoms with Gasteiger partial charge in [0.05, 0.1) is 0 Å². The number of ether oxygens (including phenoxy) is 1. The fraction of sp³-hybridized carbons (Fsp3) is 0.348. The van der Waals surface area contributed by atoms with Crippen LogP contribution in [-0.4, -0.2) is 37.6 Å². The molecule has 0 saturated heterocycles. The molecular weight excluding hydrogens is 432 g/mol. The molecule has 176 valence electrons. The number of hydrogen-bond donors (Lipinski definition) is 4. The first-order valence-electron chi connectivity index (χ1n) is 9.87. The van der Waals surface area contributed by atoms with E-state index < -0.39 is 23.8 Å². The second-order valence-corrected chi connectivity index (χ2v) is 7.61. The Bertz CT molecular complexity index is 842. The van der Waals surface area contributed by atoms with Crippen molar-refractivity contribution in [1.82, 2.24) is 16.0 Å². The van der Waals surface area contributed by atoms with Crippen LogP contribution in [0.25, 0.3) is 0 Å². The van der Waals surface area contributed by atoms with E-state index in [1.807, 2.05) is 48.5 Å². The van der Waals surface area contributed by atoms with Gasteiger partial charge in [-0.25, -0.2) is 4.79 Å². The highest BCUT2D eigenvalue weighted by Gasteiger charge is 2.24. The molecule has 2 rings (SSSR count). The van der Waals surface area contributed by atoms with E-state index in [0.29, 0.717) is 5.56 Å². The maximum absolute atomic E-state index is 11.8. The second-order valence-electron chi connectivity index (χ2n) is 7.61. The van der Waals surface area contributed by atoms with Crippen LogP contribution >= 0.6 is 12.4 Å². The van der Waals surface area contributed by atoms with Crippen molar-refractivity contribution in [3.63, 3.8) is 0 Å². The molecule has 2 aromatic rings. The van der Waals surface area contributed by atoms with E-state index in [0.717, 1.165) is 5.56 Å². The van der Waals surface area contributed by atoms with Crippen LogP contribution in [-0.2, 0) is 14.3 Å². The summed E-state index contributed by atoms with van der Waals surface area (Å²) in [7, 11) is 3.10. The zero-order chi connectivity index (χ0) is 23.4. The third kappa shape index (κ3) is 10.3. The summed E-state index contributed by atoms with van der Waals surface area (Å²) in [6, 6.07) is 17.0. The van der Waals surface area contributed by atoms with Crippen molar-refractivity contribution in [2.24, 2.45) is 5.73 Å². The minimum Gasteiger partial charge on any atom is -0.444 e. The van der Waals surface area contributed by atoms with Crippen molar-refractivity contribution in [1.29, 1.82) is 0 Å².